The van der Waals surface area contributed by atoms with Gasteiger partial charge in [-0.15, -0.1) is 0 Å². The van der Waals surface area contributed by atoms with E-state index in [4.69, 9.17) is 19.3 Å². The molecule has 0 unspecified atom stereocenters. The summed E-state index contributed by atoms with van der Waals surface area (Å²) in [5.41, 5.74) is 1.10. The van der Waals surface area contributed by atoms with Gasteiger partial charge in [-0.2, -0.15) is 0 Å². The Morgan fingerprint density at radius 1 is 1.25 bits per heavy atom. The molecule has 0 radical (unpaired) electrons. The molecule has 0 spiro atoms. The minimum atomic E-state index is 0.113. The summed E-state index contributed by atoms with van der Waals surface area (Å²) < 4.78 is 16.8. The third kappa shape index (κ3) is 5.66. The van der Waals surface area contributed by atoms with Crippen LogP contribution in [0.25, 0.3) is 0 Å². The second-order valence-corrected chi connectivity index (χ2v) is 5.06. The van der Waals surface area contributed by atoms with Gasteiger partial charge in [-0.05, 0) is 33.6 Å². The van der Waals surface area contributed by atoms with Gasteiger partial charge in [0.2, 0.25) is 0 Å². The molecule has 0 saturated heterocycles. The van der Waals surface area contributed by atoms with Crippen molar-refractivity contribution >= 4 is 15.9 Å². The summed E-state index contributed by atoms with van der Waals surface area (Å²) in [6.45, 7) is 2.78. The first-order valence-electron chi connectivity index (χ1n) is 6.52. The van der Waals surface area contributed by atoms with Gasteiger partial charge in [0.25, 0.3) is 0 Å². The van der Waals surface area contributed by atoms with E-state index in [1.165, 1.54) is 0 Å². The molecule has 1 aromatic carbocycles. The molecule has 0 heterocycles. The first kappa shape index (κ1) is 17.2. The SMILES string of the molecule is COCCNCc1cc(Br)c(OCCCO)c(OC)c1. The highest BCUT2D eigenvalue weighted by atomic mass is 79.9. The van der Waals surface area contributed by atoms with Crippen molar-refractivity contribution in [3.63, 3.8) is 0 Å². The fourth-order valence-corrected chi connectivity index (χ4v) is 2.26. The summed E-state index contributed by atoms with van der Waals surface area (Å²) in [4.78, 5) is 0. The summed E-state index contributed by atoms with van der Waals surface area (Å²) in [6.07, 6.45) is 0.593. The highest BCUT2D eigenvalue weighted by Crippen LogP contribution is 2.36. The van der Waals surface area contributed by atoms with Gasteiger partial charge in [0.05, 0.1) is 24.8 Å². The lowest BCUT2D eigenvalue weighted by atomic mass is 10.2. The number of rotatable bonds is 10. The third-order valence-electron chi connectivity index (χ3n) is 2.65. The van der Waals surface area contributed by atoms with Gasteiger partial charge in [-0.25, -0.2) is 0 Å². The number of hydrogen-bond donors (Lipinski definition) is 2. The van der Waals surface area contributed by atoms with Crippen molar-refractivity contribution < 1.29 is 19.3 Å². The van der Waals surface area contributed by atoms with E-state index >= 15 is 0 Å². The summed E-state index contributed by atoms with van der Waals surface area (Å²) in [6, 6.07) is 3.94. The molecule has 1 aromatic rings. The molecule has 1 rings (SSSR count). The molecule has 0 amide bonds. The Bertz CT molecular complexity index is 401. The lowest BCUT2D eigenvalue weighted by Crippen LogP contribution is -2.18. The van der Waals surface area contributed by atoms with Gasteiger partial charge in [0.1, 0.15) is 0 Å². The van der Waals surface area contributed by atoms with Crippen LogP contribution in [0.3, 0.4) is 0 Å². The highest BCUT2D eigenvalue weighted by Gasteiger charge is 2.11. The van der Waals surface area contributed by atoms with Crippen molar-refractivity contribution in [2.24, 2.45) is 0 Å². The van der Waals surface area contributed by atoms with Gasteiger partial charge >= 0.3 is 0 Å². The van der Waals surface area contributed by atoms with Gasteiger partial charge in [-0.3, -0.25) is 0 Å². The summed E-state index contributed by atoms with van der Waals surface area (Å²) in [7, 11) is 3.29. The minimum Gasteiger partial charge on any atom is -0.493 e. The van der Waals surface area contributed by atoms with Crippen LogP contribution >= 0.6 is 15.9 Å². The quantitative estimate of drug-likeness (QED) is 0.633. The Balaban J connectivity index is 2.68. The smallest absolute Gasteiger partial charge is 0.175 e. The van der Waals surface area contributed by atoms with Gasteiger partial charge in [0.15, 0.2) is 11.5 Å². The summed E-state index contributed by atoms with van der Waals surface area (Å²) in [5, 5.41) is 12.1. The number of benzene rings is 1. The molecule has 0 aliphatic carbocycles. The Labute approximate surface area is 128 Å². The number of nitrogens with one attached hydrogen (secondary N) is 1. The van der Waals surface area contributed by atoms with Crippen molar-refractivity contribution in [2.75, 3.05) is 40.6 Å². The van der Waals surface area contributed by atoms with Crippen molar-refractivity contribution in [3.05, 3.63) is 22.2 Å². The fourth-order valence-electron chi connectivity index (χ4n) is 1.66. The summed E-state index contributed by atoms with van der Waals surface area (Å²) in [5.74, 6) is 1.35. The molecular formula is C14H22BrNO4. The predicted molar refractivity (Wildman–Crippen MR) is 81.5 cm³/mol. The molecule has 0 bridgehead atoms. The molecule has 0 saturated carbocycles. The molecule has 0 aliphatic heterocycles. The molecular weight excluding hydrogens is 326 g/mol. The number of halogens is 1. The average molecular weight is 348 g/mol. The average Bonchev–Trinajstić information content (AvgIpc) is 2.45. The molecule has 5 nitrogen and oxygen atoms in total. The number of aliphatic hydroxyl groups excluding tert-OH is 1. The van der Waals surface area contributed by atoms with Gasteiger partial charge in [0, 0.05) is 33.2 Å². The van der Waals surface area contributed by atoms with Crippen LogP contribution in [0.4, 0.5) is 0 Å². The lowest BCUT2D eigenvalue weighted by Gasteiger charge is -2.14. The van der Waals surface area contributed by atoms with Gasteiger partial charge < -0.3 is 24.6 Å². The van der Waals surface area contributed by atoms with E-state index in [2.05, 4.69) is 21.2 Å². The van der Waals surface area contributed by atoms with Crippen LogP contribution in [-0.2, 0) is 11.3 Å². The van der Waals surface area contributed by atoms with Crippen molar-refractivity contribution in [2.45, 2.75) is 13.0 Å². The van der Waals surface area contributed by atoms with Crippen LogP contribution < -0.4 is 14.8 Å². The Morgan fingerprint density at radius 3 is 2.70 bits per heavy atom. The van der Waals surface area contributed by atoms with Crippen LogP contribution in [-0.4, -0.2) is 45.7 Å². The predicted octanol–water partition coefficient (Wildman–Crippen LogP) is 1.95. The normalized spacial score (nSPS) is 10.6. The minimum absolute atomic E-state index is 0.113. The molecule has 0 aromatic heterocycles. The van der Waals surface area contributed by atoms with E-state index in [0.29, 0.717) is 31.1 Å². The monoisotopic (exact) mass is 347 g/mol. The van der Waals surface area contributed by atoms with Crippen LogP contribution in [0, 0.1) is 0 Å². The zero-order valence-corrected chi connectivity index (χ0v) is 13.5. The highest BCUT2D eigenvalue weighted by molar-refractivity contribution is 9.10. The van der Waals surface area contributed by atoms with E-state index in [-0.39, 0.29) is 6.61 Å². The lowest BCUT2D eigenvalue weighted by molar-refractivity contribution is 0.199. The number of aliphatic hydroxyl groups is 1. The summed E-state index contributed by atoms with van der Waals surface area (Å²) >= 11 is 3.49. The van der Waals surface area contributed by atoms with Crippen molar-refractivity contribution in [1.29, 1.82) is 0 Å². The molecule has 0 atom stereocenters. The number of methoxy groups -OCH3 is 2. The molecule has 20 heavy (non-hydrogen) atoms. The zero-order valence-electron chi connectivity index (χ0n) is 11.9. The van der Waals surface area contributed by atoms with Gasteiger partial charge in [-0.1, -0.05) is 0 Å². The largest absolute Gasteiger partial charge is 0.493 e. The van der Waals surface area contributed by atoms with E-state index in [1.807, 2.05) is 12.1 Å². The first-order chi connectivity index (χ1) is 9.72. The van der Waals surface area contributed by atoms with E-state index < -0.39 is 0 Å². The molecule has 6 heteroatoms. The van der Waals surface area contributed by atoms with Crippen molar-refractivity contribution in [1.82, 2.24) is 5.32 Å². The van der Waals surface area contributed by atoms with Crippen LogP contribution in [0.15, 0.2) is 16.6 Å². The maximum atomic E-state index is 8.78. The second kappa shape index (κ2) is 9.99. The molecule has 2 N–H and O–H groups in total. The molecule has 0 aliphatic rings. The Hall–Kier alpha value is -0.820. The van der Waals surface area contributed by atoms with E-state index in [9.17, 15) is 0 Å². The van der Waals surface area contributed by atoms with Crippen LogP contribution in [0.1, 0.15) is 12.0 Å². The Morgan fingerprint density at radius 2 is 2.05 bits per heavy atom. The third-order valence-corrected chi connectivity index (χ3v) is 3.24. The molecule has 0 fully saturated rings. The van der Waals surface area contributed by atoms with E-state index in [0.717, 1.165) is 23.1 Å². The fraction of sp³-hybridized carbons (Fsp3) is 0.571. The second-order valence-electron chi connectivity index (χ2n) is 4.20. The molecule has 114 valence electrons. The Kier molecular flexibility index (Phi) is 8.60. The van der Waals surface area contributed by atoms with Crippen LogP contribution in [0.5, 0.6) is 11.5 Å². The van der Waals surface area contributed by atoms with E-state index in [1.54, 1.807) is 14.2 Å². The number of hydrogen-bond acceptors (Lipinski definition) is 5. The standard InChI is InChI=1S/C14H22BrNO4/c1-18-7-4-16-10-11-8-12(15)14(13(9-11)19-2)20-6-3-5-17/h8-9,16-17H,3-7,10H2,1-2H3. The topological polar surface area (TPSA) is 60.0 Å². The number of ether oxygens (including phenoxy) is 3. The van der Waals surface area contributed by atoms with Crippen molar-refractivity contribution in [3.8, 4) is 11.5 Å². The maximum absolute atomic E-state index is 8.78. The van der Waals surface area contributed by atoms with Crippen LogP contribution in [0.2, 0.25) is 0 Å². The maximum Gasteiger partial charge on any atom is 0.175 e. The zero-order chi connectivity index (χ0) is 14.8. The first-order valence-corrected chi connectivity index (χ1v) is 7.32.